The number of aliphatic imine (C=N–C) groups is 1. The summed E-state index contributed by atoms with van der Waals surface area (Å²) < 4.78 is 43.1. The topological polar surface area (TPSA) is 101 Å². The van der Waals surface area contributed by atoms with Gasteiger partial charge in [0, 0.05) is 18.7 Å². The lowest BCUT2D eigenvalue weighted by Crippen LogP contribution is -2.19. The van der Waals surface area contributed by atoms with Crippen molar-refractivity contribution in [3.8, 4) is 17.0 Å². The van der Waals surface area contributed by atoms with E-state index in [2.05, 4.69) is 20.4 Å². The fourth-order valence-electron chi connectivity index (χ4n) is 2.51. The van der Waals surface area contributed by atoms with E-state index >= 15 is 0 Å². The first-order chi connectivity index (χ1) is 14.1. The van der Waals surface area contributed by atoms with E-state index in [0.717, 1.165) is 4.52 Å². The van der Waals surface area contributed by atoms with Crippen LogP contribution in [0.5, 0.6) is 5.75 Å². The molecule has 2 N–H and O–H groups in total. The number of aromatic nitrogens is 3. The number of carbonyl (C=O) groups is 1. The first-order valence-electron chi connectivity index (χ1n) is 8.47. The fourth-order valence-corrected chi connectivity index (χ4v) is 2.68. The number of amides is 1. The summed E-state index contributed by atoms with van der Waals surface area (Å²) in [6, 6.07) is 5.28. The van der Waals surface area contributed by atoms with Crippen molar-refractivity contribution in [2.24, 2.45) is 4.99 Å². The van der Waals surface area contributed by atoms with Crippen molar-refractivity contribution in [3.63, 3.8) is 0 Å². The molecular formula is C18H15ClF3N5O3. The third kappa shape index (κ3) is 4.62. The number of halogens is 4. The molecule has 8 nitrogen and oxygen atoms in total. The summed E-state index contributed by atoms with van der Waals surface area (Å²) in [6.07, 6.45) is -3.34. The summed E-state index contributed by atoms with van der Waals surface area (Å²) in [7, 11) is 1.60. The number of carbonyl (C=O) groups excluding carboxylic acids is 1. The Balaban J connectivity index is 2.06. The van der Waals surface area contributed by atoms with E-state index < -0.39 is 24.2 Å². The van der Waals surface area contributed by atoms with Crippen LogP contribution in [-0.4, -0.2) is 46.2 Å². The number of hydrogen-bond donors (Lipinski definition) is 2. The number of amidine groups is 1. The van der Waals surface area contributed by atoms with E-state index in [1.165, 1.54) is 30.5 Å². The molecule has 0 aliphatic rings. The number of nitrogens with one attached hydrogen (secondary N) is 2. The van der Waals surface area contributed by atoms with Gasteiger partial charge in [-0.25, -0.2) is 0 Å². The molecule has 0 spiro atoms. The summed E-state index contributed by atoms with van der Waals surface area (Å²) in [5.41, 5.74) is 0.129. The zero-order valence-corrected chi connectivity index (χ0v) is 16.4. The Kier molecular flexibility index (Phi) is 5.83. The minimum atomic E-state index is -4.54. The van der Waals surface area contributed by atoms with Gasteiger partial charge in [-0.3, -0.25) is 9.59 Å². The Morgan fingerprint density at radius 1 is 1.37 bits per heavy atom. The number of fused-ring (bicyclic) bond motifs is 1. The Morgan fingerprint density at radius 2 is 2.10 bits per heavy atom. The molecule has 0 saturated heterocycles. The molecule has 0 bridgehead atoms. The van der Waals surface area contributed by atoms with E-state index in [0.29, 0.717) is 11.4 Å². The van der Waals surface area contributed by atoms with Crippen molar-refractivity contribution in [2.45, 2.75) is 13.1 Å². The van der Waals surface area contributed by atoms with Gasteiger partial charge in [-0.1, -0.05) is 17.7 Å². The highest BCUT2D eigenvalue weighted by molar-refractivity contribution is 6.32. The lowest BCUT2D eigenvalue weighted by molar-refractivity contribution is -0.153. The summed E-state index contributed by atoms with van der Waals surface area (Å²) in [5.74, 6) is -0.469. The average molecular weight is 442 g/mol. The van der Waals surface area contributed by atoms with Gasteiger partial charge in [0.2, 0.25) is 0 Å². The predicted octanol–water partition coefficient (Wildman–Crippen LogP) is 3.06. The molecule has 3 rings (SSSR count). The smallest absolute Gasteiger partial charge is 0.422 e. The van der Waals surface area contributed by atoms with E-state index in [1.807, 2.05) is 0 Å². The molecule has 3 aromatic rings. The maximum Gasteiger partial charge on any atom is 0.422 e. The fraction of sp³-hybridized carbons (Fsp3) is 0.222. The van der Waals surface area contributed by atoms with E-state index in [-0.39, 0.29) is 27.7 Å². The van der Waals surface area contributed by atoms with E-state index in [4.69, 9.17) is 16.3 Å². The number of nitrogens with zero attached hydrogens (tertiary/aromatic N) is 3. The van der Waals surface area contributed by atoms with Crippen LogP contribution in [0.4, 0.5) is 13.2 Å². The lowest BCUT2D eigenvalue weighted by Gasteiger charge is -2.12. The van der Waals surface area contributed by atoms with Gasteiger partial charge in [0.15, 0.2) is 12.3 Å². The summed E-state index contributed by atoms with van der Waals surface area (Å²) in [5, 5.41) is 6.57. The molecule has 0 atom stereocenters. The quantitative estimate of drug-likeness (QED) is 0.478. The molecule has 2 aromatic heterocycles. The molecule has 12 heteroatoms. The maximum atomic E-state index is 12.5. The summed E-state index contributed by atoms with van der Waals surface area (Å²) >= 11 is 5.91. The molecule has 0 aliphatic heterocycles. The third-order valence-corrected chi connectivity index (χ3v) is 4.31. The zero-order chi connectivity index (χ0) is 22.1. The molecule has 0 saturated carbocycles. The van der Waals surface area contributed by atoms with E-state index in [9.17, 15) is 22.8 Å². The van der Waals surface area contributed by atoms with Crippen molar-refractivity contribution in [2.75, 3.05) is 13.7 Å². The zero-order valence-electron chi connectivity index (χ0n) is 15.7. The molecule has 1 amide bonds. The van der Waals surface area contributed by atoms with Crippen LogP contribution in [0, 0.1) is 0 Å². The summed E-state index contributed by atoms with van der Waals surface area (Å²) in [6.45, 7) is 0.0732. The highest BCUT2D eigenvalue weighted by atomic mass is 35.5. The Bertz CT molecular complexity index is 1200. The van der Waals surface area contributed by atoms with Gasteiger partial charge >= 0.3 is 6.18 Å². The lowest BCUT2D eigenvalue weighted by atomic mass is 10.1. The number of alkyl halides is 3. The number of ether oxygens (including phenoxy) is 1. The van der Waals surface area contributed by atoms with Gasteiger partial charge in [0.1, 0.15) is 17.1 Å². The monoisotopic (exact) mass is 441 g/mol. The number of rotatable bonds is 4. The molecule has 30 heavy (non-hydrogen) atoms. The van der Waals surface area contributed by atoms with E-state index in [1.54, 1.807) is 14.0 Å². The number of benzene rings is 1. The number of hydrogen-bond acceptors (Lipinski definition) is 4. The molecule has 158 valence electrons. The first kappa shape index (κ1) is 21.4. The normalized spacial score (nSPS) is 12.3. The predicted molar refractivity (Wildman–Crippen MR) is 104 cm³/mol. The van der Waals surface area contributed by atoms with Crippen LogP contribution in [0.1, 0.15) is 17.3 Å². The minimum absolute atomic E-state index is 0.0245. The second-order valence-corrected chi connectivity index (χ2v) is 6.55. The highest BCUT2D eigenvalue weighted by Gasteiger charge is 2.29. The molecule has 1 aromatic carbocycles. The van der Waals surface area contributed by atoms with Crippen molar-refractivity contribution < 1.29 is 22.7 Å². The van der Waals surface area contributed by atoms with Crippen LogP contribution in [0.3, 0.4) is 0 Å². The van der Waals surface area contributed by atoms with Gasteiger partial charge in [-0.15, -0.1) is 0 Å². The second kappa shape index (κ2) is 8.19. The highest BCUT2D eigenvalue weighted by Crippen LogP contribution is 2.31. The van der Waals surface area contributed by atoms with Crippen LogP contribution < -0.4 is 15.6 Å². The Hall–Kier alpha value is -3.34. The van der Waals surface area contributed by atoms with Crippen LogP contribution in [0.2, 0.25) is 5.02 Å². The molecular weight excluding hydrogens is 427 g/mol. The Labute approximate surface area is 172 Å². The second-order valence-electron chi connectivity index (χ2n) is 6.14. The number of aromatic amines is 1. The molecule has 0 radical (unpaired) electrons. The third-order valence-electron chi connectivity index (χ3n) is 3.99. The number of H-pyrrole nitrogens is 1. The van der Waals surface area contributed by atoms with Crippen molar-refractivity contribution in [1.82, 2.24) is 19.9 Å². The molecule has 0 fully saturated rings. The van der Waals surface area contributed by atoms with Gasteiger partial charge in [0.05, 0.1) is 16.9 Å². The average Bonchev–Trinajstić information content (AvgIpc) is 3.11. The molecule has 0 aliphatic carbocycles. The van der Waals surface area contributed by atoms with Crippen molar-refractivity contribution in [3.05, 3.63) is 51.4 Å². The van der Waals surface area contributed by atoms with Crippen molar-refractivity contribution in [1.29, 1.82) is 0 Å². The minimum Gasteiger partial charge on any atom is -0.483 e. The van der Waals surface area contributed by atoms with Gasteiger partial charge in [-0.05, 0) is 19.1 Å². The van der Waals surface area contributed by atoms with Gasteiger partial charge in [0.25, 0.3) is 11.5 Å². The summed E-state index contributed by atoms with van der Waals surface area (Å²) in [4.78, 5) is 31.5. The SMILES string of the molecule is CN/C(C)=N/C(=O)c1cnn2c(=O)cc(-c3ccc(Cl)c(OCC(F)(F)F)c3)[nH]c12. The Morgan fingerprint density at radius 3 is 2.77 bits per heavy atom. The largest absolute Gasteiger partial charge is 0.483 e. The molecule has 2 heterocycles. The maximum absolute atomic E-state index is 12.5. The van der Waals surface area contributed by atoms with Crippen LogP contribution in [0.25, 0.3) is 16.9 Å². The van der Waals surface area contributed by atoms with Gasteiger partial charge in [-0.2, -0.15) is 27.8 Å². The van der Waals surface area contributed by atoms with Crippen LogP contribution >= 0.6 is 11.6 Å². The molecule has 0 unspecified atom stereocenters. The first-order valence-corrected chi connectivity index (χ1v) is 8.85. The standard InChI is InChI=1S/C18H15ClF3N5O3/c1-9(23-2)25-17(29)11-7-24-27-15(28)6-13(26-16(11)27)10-3-4-12(19)14(5-10)30-8-18(20,21)22/h3-7,26H,8H2,1-2H3,(H,23,25,29). The van der Waals surface area contributed by atoms with Crippen LogP contribution in [-0.2, 0) is 0 Å². The van der Waals surface area contributed by atoms with Crippen LogP contribution in [0.15, 0.2) is 40.2 Å². The van der Waals surface area contributed by atoms with Crippen molar-refractivity contribution >= 4 is 29.0 Å². The van der Waals surface area contributed by atoms with Gasteiger partial charge < -0.3 is 15.0 Å².